The van der Waals surface area contributed by atoms with Gasteiger partial charge in [0, 0.05) is 19.0 Å². The molecule has 1 aliphatic carbocycles. The minimum absolute atomic E-state index is 0.0366. The lowest BCUT2D eigenvalue weighted by Crippen LogP contribution is -2.42. The predicted octanol–water partition coefficient (Wildman–Crippen LogP) is 4.38. The van der Waals surface area contributed by atoms with E-state index in [4.69, 9.17) is 4.74 Å². The summed E-state index contributed by atoms with van der Waals surface area (Å²) in [6, 6.07) is 19.3. The molecule has 0 saturated carbocycles. The molecule has 1 unspecified atom stereocenters. The van der Waals surface area contributed by atoms with Crippen LogP contribution in [-0.4, -0.2) is 52.7 Å². The molecule has 1 aromatic heterocycles. The van der Waals surface area contributed by atoms with Gasteiger partial charge in [0.15, 0.2) is 0 Å². The number of carboxylic acids is 1. The first-order valence-electron chi connectivity index (χ1n) is 11.6. The third kappa shape index (κ3) is 4.59. The number of aliphatic carboxylic acids is 1. The molecule has 8 heteroatoms. The number of aromatic nitrogens is 1. The van der Waals surface area contributed by atoms with E-state index in [1.165, 1.54) is 17.2 Å². The predicted molar refractivity (Wildman–Crippen MR) is 129 cm³/mol. The summed E-state index contributed by atoms with van der Waals surface area (Å²) in [7, 11) is 0. The largest absolute Gasteiger partial charge is 0.481 e. The Bertz CT molecular complexity index is 1230. The summed E-state index contributed by atoms with van der Waals surface area (Å²) in [6.07, 6.45) is 2.00. The Morgan fingerprint density at radius 1 is 1.00 bits per heavy atom. The van der Waals surface area contributed by atoms with Gasteiger partial charge in [0.1, 0.15) is 12.3 Å². The minimum Gasteiger partial charge on any atom is -0.481 e. The second-order valence-electron chi connectivity index (χ2n) is 8.81. The van der Waals surface area contributed by atoms with Gasteiger partial charge in [-0.05, 0) is 47.2 Å². The molecule has 0 spiro atoms. The zero-order chi connectivity index (χ0) is 24.4. The van der Waals surface area contributed by atoms with Crippen molar-refractivity contribution in [3.63, 3.8) is 0 Å². The molecule has 8 nitrogen and oxygen atoms in total. The van der Waals surface area contributed by atoms with Gasteiger partial charge in [-0.3, -0.25) is 14.9 Å². The quantitative estimate of drug-likeness (QED) is 0.572. The van der Waals surface area contributed by atoms with Crippen LogP contribution >= 0.6 is 0 Å². The van der Waals surface area contributed by atoms with E-state index < -0.39 is 18.0 Å². The van der Waals surface area contributed by atoms with Gasteiger partial charge < -0.3 is 14.7 Å². The molecule has 2 N–H and O–H groups in total. The molecule has 2 amide bonds. The summed E-state index contributed by atoms with van der Waals surface area (Å²) in [5, 5.41) is 11.9. The highest BCUT2D eigenvalue weighted by atomic mass is 16.5. The van der Waals surface area contributed by atoms with Gasteiger partial charge in [0.25, 0.3) is 5.91 Å². The molecule has 1 saturated heterocycles. The van der Waals surface area contributed by atoms with Crippen LogP contribution in [0.25, 0.3) is 11.1 Å². The minimum atomic E-state index is -0.891. The van der Waals surface area contributed by atoms with Gasteiger partial charge in [0.2, 0.25) is 0 Å². The lowest BCUT2D eigenvalue weighted by Gasteiger charge is -2.30. The van der Waals surface area contributed by atoms with Crippen LogP contribution < -0.4 is 5.32 Å². The highest BCUT2D eigenvalue weighted by Crippen LogP contribution is 2.44. The number of nitrogens with zero attached hydrogens (tertiary/aromatic N) is 2. The van der Waals surface area contributed by atoms with Crippen LogP contribution in [0.15, 0.2) is 66.9 Å². The van der Waals surface area contributed by atoms with Crippen molar-refractivity contribution >= 4 is 23.7 Å². The van der Waals surface area contributed by atoms with Crippen molar-refractivity contribution in [1.29, 1.82) is 0 Å². The van der Waals surface area contributed by atoms with Crippen molar-refractivity contribution in [3.05, 3.63) is 83.7 Å². The summed E-state index contributed by atoms with van der Waals surface area (Å²) in [5.74, 6) is -1.80. The molecular weight excluding hydrogens is 446 g/mol. The highest BCUT2D eigenvalue weighted by Gasteiger charge is 2.30. The van der Waals surface area contributed by atoms with Crippen molar-refractivity contribution < 1.29 is 24.2 Å². The number of fused-ring (bicyclic) bond motifs is 3. The van der Waals surface area contributed by atoms with Crippen LogP contribution in [0.2, 0.25) is 0 Å². The molecule has 178 valence electrons. The molecule has 35 heavy (non-hydrogen) atoms. The fourth-order valence-electron chi connectivity index (χ4n) is 4.87. The average molecular weight is 472 g/mol. The average Bonchev–Trinajstić information content (AvgIpc) is 3.21. The maximum absolute atomic E-state index is 12.7. The van der Waals surface area contributed by atoms with E-state index in [0.717, 1.165) is 22.3 Å². The molecule has 2 heterocycles. The number of hydrogen-bond acceptors (Lipinski definition) is 5. The van der Waals surface area contributed by atoms with Crippen molar-refractivity contribution in [2.45, 2.75) is 18.8 Å². The first-order valence-corrected chi connectivity index (χ1v) is 11.6. The fourth-order valence-corrected chi connectivity index (χ4v) is 4.87. The number of piperidine rings is 1. The standard InChI is InChI=1S/C27H25N3O5/c31-25(30-13-5-6-17(15-30)26(32)33)24-12-11-18(14-28-24)29-27(34)35-16-23-21-9-3-1-7-19(21)20-8-2-4-10-22(20)23/h1-4,7-12,14,17,23H,5-6,13,15-16H2,(H,29,34)(H,32,33). The second-order valence-corrected chi connectivity index (χ2v) is 8.81. The number of nitrogens with one attached hydrogen (secondary N) is 1. The smallest absolute Gasteiger partial charge is 0.411 e. The summed E-state index contributed by atoms with van der Waals surface area (Å²) in [5.41, 5.74) is 5.19. The van der Waals surface area contributed by atoms with Gasteiger partial charge in [-0.1, -0.05) is 48.5 Å². The van der Waals surface area contributed by atoms with E-state index in [1.54, 1.807) is 6.07 Å². The molecule has 2 aliphatic rings. The number of rotatable bonds is 5. The Labute approximate surface area is 202 Å². The van der Waals surface area contributed by atoms with Crippen LogP contribution in [0.5, 0.6) is 0 Å². The number of carboxylic acid groups (broad SMARTS) is 1. The third-order valence-electron chi connectivity index (χ3n) is 6.63. The van der Waals surface area contributed by atoms with E-state index in [2.05, 4.69) is 34.6 Å². The molecule has 0 bridgehead atoms. The number of anilines is 1. The second kappa shape index (κ2) is 9.58. The van der Waals surface area contributed by atoms with Gasteiger partial charge in [-0.25, -0.2) is 9.78 Å². The highest BCUT2D eigenvalue weighted by molar-refractivity contribution is 5.93. The zero-order valence-electron chi connectivity index (χ0n) is 19.0. The fraction of sp³-hybridized carbons (Fsp3) is 0.259. The lowest BCUT2D eigenvalue weighted by molar-refractivity contribution is -0.143. The Balaban J connectivity index is 1.19. The Hall–Kier alpha value is -4.20. The Kier molecular flexibility index (Phi) is 6.18. The van der Waals surface area contributed by atoms with Crippen molar-refractivity contribution in [2.24, 2.45) is 5.92 Å². The first kappa shape index (κ1) is 22.6. The first-order chi connectivity index (χ1) is 17.0. The Morgan fingerprint density at radius 2 is 1.69 bits per heavy atom. The van der Waals surface area contributed by atoms with Crippen LogP contribution in [0.1, 0.15) is 40.4 Å². The number of pyridine rings is 1. The summed E-state index contributed by atoms with van der Waals surface area (Å²) >= 11 is 0. The number of carbonyl (C=O) groups excluding carboxylic acids is 2. The molecular formula is C27H25N3O5. The summed E-state index contributed by atoms with van der Waals surface area (Å²) in [4.78, 5) is 42.1. The normalized spacial score (nSPS) is 16.8. The van der Waals surface area contributed by atoms with E-state index in [0.29, 0.717) is 25.1 Å². The molecule has 1 fully saturated rings. The van der Waals surface area contributed by atoms with E-state index in [-0.39, 0.29) is 30.7 Å². The summed E-state index contributed by atoms with van der Waals surface area (Å²) < 4.78 is 5.54. The number of amides is 2. The van der Waals surface area contributed by atoms with E-state index >= 15 is 0 Å². The number of likely N-dealkylation sites (tertiary alicyclic amines) is 1. The molecule has 3 aromatic rings. The van der Waals surface area contributed by atoms with Gasteiger partial charge >= 0.3 is 12.1 Å². The lowest BCUT2D eigenvalue weighted by atomic mass is 9.98. The molecule has 5 rings (SSSR count). The van der Waals surface area contributed by atoms with Crippen LogP contribution in [0.3, 0.4) is 0 Å². The number of ether oxygens (including phenoxy) is 1. The van der Waals surface area contributed by atoms with Gasteiger partial charge in [-0.2, -0.15) is 0 Å². The third-order valence-corrected chi connectivity index (χ3v) is 6.63. The Morgan fingerprint density at radius 3 is 2.31 bits per heavy atom. The topological polar surface area (TPSA) is 109 Å². The van der Waals surface area contributed by atoms with Crippen molar-refractivity contribution in [1.82, 2.24) is 9.88 Å². The van der Waals surface area contributed by atoms with Crippen LogP contribution in [0, 0.1) is 5.92 Å². The van der Waals surface area contributed by atoms with Crippen LogP contribution in [-0.2, 0) is 9.53 Å². The molecule has 2 aromatic carbocycles. The van der Waals surface area contributed by atoms with Gasteiger partial charge in [0.05, 0.1) is 17.8 Å². The number of hydrogen-bond donors (Lipinski definition) is 2. The molecule has 0 radical (unpaired) electrons. The SMILES string of the molecule is O=C(Nc1ccc(C(=O)N2CCCC(C(=O)O)C2)nc1)OCC1c2ccccc2-c2ccccc21. The number of carbonyl (C=O) groups is 3. The monoisotopic (exact) mass is 471 g/mol. The maximum Gasteiger partial charge on any atom is 0.411 e. The van der Waals surface area contributed by atoms with Crippen molar-refractivity contribution in [2.75, 3.05) is 25.0 Å². The van der Waals surface area contributed by atoms with Crippen molar-refractivity contribution in [3.8, 4) is 11.1 Å². The van der Waals surface area contributed by atoms with Gasteiger partial charge in [-0.15, -0.1) is 0 Å². The van der Waals surface area contributed by atoms with E-state index in [9.17, 15) is 19.5 Å². The summed E-state index contributed by atoms with van der Waals surface area (Å²) in [6.45, 7) is 0.878. The van der Waals surface area contributed by atoms with Crippen LogP contribution in [0.4, 0.5) is 10.5 Å². The van der Waals surface area contributed by atoms with E-state index in [1.807, 2.05) is 24.3 Å². The molecule has 1 atom stereocenters. The maximum atomic E-state index is 12.7. The molecule has 1 aliphatic heterocycles. The number of benzene rings is 2. The zero-order valence-corrected chi connectivity index (χ0v) is 19.0.